The number of rotatable bonds is 5. The van der Waals surface area contributed by atoms with Crippen molar-refractivity contribution in [1.82, 2.24) is 5.32 Å². The van der Waals surface area contributed by atoms with Gasteiger partial charge in [-0.3, -0.25) is 4.79 Å². The van der Waals surface area contributed by atoms with Gasteiger partial charge in [-0.25, -0.2) is 0 Å². The molecule has 3 N–H and O–H groups in total. The third kappa shape index (κ3) is 4.20. The van der Waals surface area contributed by atoms with Crippen LogP contribution in [0.1, 0.15) is 65.2 Å². The molecule has 0 saturated heterocycles. The lowest BCUT2D eigenvalue weighted by Gasteiger charge is -2.23. The molecule has 2 saturated carbocycles. The van der Waals surface area contributed by atoms with E-state index in [1.54, 1.807) is 0 Å². The largest absolute Gasteiger partial charge is 0.353 e. The van der Waals surface area contributed by atoms with Gasteiger partial charge in [0.1, 0.15) is 0 Å². The van der Waals surface area contributed by atoms with E-state index in [-0.39, 0.29) is 17.9 Å². The Balaban J connectivity index is 1.78. The highest BCUT2D eigenvalue weighted by molar-refractivity contribution is 5.79. The third-order valence-corrected chi connectivity index (χ3v) is 4.95. The molecule has 4 atom stereocenters. The van der Waals surface area contributed by atoms with Crippen LogP contribution in [0.15, 0.2) is 0 Å². The number of hydrogen-bond donors (Lipinski definition) is 2. The number of amides is 1. The molecule has 1 amide bonds. The second-order valence-electron chi connectivity index (χ2n) is 7.05. The number of carbonyl (C=O) groups is 1. The summed E-state index contributed by atoms with van der Waals surface area (Å²) in [6.45, 7) is 4.56. The molecular weight excluding hydrogens is 236 g/mol. The molecule has 2 aliphatic rings. The van der Waals surface area contributed by atoms with Crippen molar-refractivity contribution < 1.29 is 4.79 Å². The summed E-state index contributed by atoms with van der Waals surface area (Å²) in [6.07, 6.45) is 9.18. The van der Waals surface area contributed by atoms with Gasteiger partial charge in [-0.1, -0.05) is 26.7 Å². The van der Waals surface area contributed by atoms with Gasteiger partial charge in [-0.05, 0) is 50.4 Å². The lowest BCUT2D eigenvalue weighted by Crippen LogP contribution is -2.40. The van der Waals surface area contributed by atoms with Crippen molar-refractivity contribution in [3.63, 3.8) is 0 Å². The molecule has 0 radical (unpaired) electrons. The molecule has 110 valence electrons. The van der Waals surface area contributed by atoms with Gasteiger partial charge in [0.05, 0.1) is 0 Å². The fraction of sp³-hybridized carbons (Fsp3) is 0.938. The van der Waals surface area contributed by atoms with Gasteiger partial charge >= 0.3 is 0 Å². The number of nitrogens with one attached hydrogen (secondary N) is 1. The highest BCUT2D eigenvalue weighted by Gasteiger charge is 2.33. The molecule has 0 aromatic rings. The van der Waals surface area contributed by atoms with Crippen LogP contribution in [0, 0.1) is 17.8 Å². The van der Waals surface area contributed by atoms with E-state index in [2.05, 4.69) is 19.2 Å². The lowest BCUT2D eigenvalue weighted by atomic mass is 9.93. The Bertz CT molecular complexity index is 303. The molecule has 0 aromatic heterocycles. The quantitative estimate of drug-likeness (QED) is 0.804. The Kier molecular flexibility index (Phi) is 5.26. The van der Waals surface area contributed by atoms with Crippen molar-refractivity contribution in [3.05, 3.63) is 0 Å². The summed E-state index contributed by atoms with van der Waals surface area (Å²) < 4.78 is 0. The molecule has 2 rings (SSSR count). The first-order chi connectivity index (χ1) is 9.06. The van der Waals surface area contributed by atoms with Gasteiger partial charge in [0.2, 0.25) is 5.91 Å². The van der Waals surface area contributed by atoms with Crippen LogP contribution >= 0.6 is 0 Å². The summed E-state index contributed by atoms with van der Waals surface area (Å²) >= 11 is 0. The van der Waals surface area contributed by atoms with Gasteiger partial charge in [0.25, 0.3) is 0 Å². The van der Waals surface area contributed by atoms with E-state index in [1.807, 2.05) is 0 Å². The van der Waals surface area contributed by atoms with Crippen LogP contribution in [-0.4, -0.2) is 18.0 Å². The number of carbonyl (C=O) groups excluding carboxylic acids is 1. The van der Waals surface area contributed by atoms with Crippen LogP contribution in [0.2, 0.25) is 0 Å². The summed E-state index contributed by atoms with van der Waals surface area (Å²) in [4.78, 5) is 12.3. The van der Waals surface area contributed by atoms with Crippen molar-refractivity contribution in [2.45, 2.75) is 77.3 Å². The highest BCUT2D eigenvalue weighted by atomic mass is 16.1. The first-order valence-corrected chi connectivity index (χ1v) is 8.12. The summed E-state index contributed by atoms with van der Waals surface area (Å²) in [7, 11) is 0. The van der Waals surface area contributed by atoms with Crippen LogP contribution in [0.5, 0.6) is 0 Å². The number of nitrogens with two attached hydrogens (primary N) is 1. The molecule has 2 fully saturated rings. The van der Waals surface area contributed by atoms with Crippen LogP contribution in [0.25, 0.3) is 0 Å². The Morgan fingerprint density at radius 2 is 2.05 bits per heavy atom. The van der Waals surface area contributed by atoms with E-state index in [4.69, 9.17) is 5.73 Å². The van der Waals surface area contributed by atoms with Crippen molar-refractivity contribution >= 4 is 5.91 Å². The smallest absolute Gasteiger partial charge is 0.223 e. The van der Waals surface area contributed by atoms with E-state index >= 15 is 0 Å². The fourth-order valence-corrected chi connectivity index (χ4v) is 3.67. The zero-order valence-electron chi connectivity index (χ0n) is 12.5. The molecule has 4 unspecified atom stereocenters. The van der Waals surface area contributed by atoms with E-state index in [1.165, 1.54) is 32.1 Å². The average molecular weight is 266 g/mol. The zero-order chi connectivity index (χ0) is 13.8. The number of hydrogen-bond acceptors (Lipinski definition) is 2. The average Bonchev–Trinajstić information content (AvgIpc) is 2.95. The first kappa shape index (κ1) is 14.8. The van der Waals surface area contributed by atoms with Crippen LogP contribution in [0.3, 0.4) is 0 Å². The standard InChI is InChI=1S/C16H30N2O/c1-11(2)6-7-12-4-3-5-15(12)18-16(19)13-8-9-14(17)10-13/h11-15H,3-10,17H2,1-2H3,(H,18,19). The molecule has 19 heavy (non-hydrogen) atoms. The monoisotopic (exact) mass is 266 g/mol. The molecular formula is C16H30N2O. The third-order valence-electron chi connectivity index (χ3n) is 4.95. The van der Waals surface area contributed by atoms with E-state index in [0.29, 0.717) is 12.0 Å². The lowest BCUT2D eigenvalue weighted by molar-refractivity contribution is -0.125. The molecule has 0 aromatic carbocycles. The minimum absolute atomic E-state index is 0.182. The van der Waals surface area contributed by atoms with Crippen LogP contribution in [-0.2, 0) is 4.79 Å². The Morgan fingerprint density at radius 1 is 1.26 bits per heavy atom. The van der Waals surface area contributed by atoms with Crippen molar-refractivity contribution in [1.29, 1.82) is 0 Å². The maximum absolute atomic E-state index is 12.3. The second kappa shape index (κ2) is 6.74. The van der Waals surface area contributed by atoms with Crippen molar-refractivity contribution in [3.8, 4) is 0 Å². The second-order valence-corrected chi connectivity index (χ2v) is 7.05. The highest BCUT2D eigenvalue weighted by Crippen LogP contribution is 2.32. The summed E-state index contributed by atoms with van der Waals surface area (Å²) in [5.41, 5.74) is 5.90. The fourth-order valence-electron chi connectivity index (χ4n) is 3.67. The van der Waals surface area contributed by atoms with Crippen LogP contribution < -0.4 is 11.1 Å². The Morgan fingerprint density at radius 3 is 2.68 bits per heavy atom. The normalized spacial score (nSPS) is 34.9. The minimum atomic E-state index is 0.182. The van der Waals surface area contributed by atoms with E-state index in [9.17, 15) is 4.79 Å². The van der Waals surface area contributed by atoms with Gasteiger partial charge in [-0.15, -0.1) is 0 Å². The maximum atomic E-state index is 12.3. The molecule has 0 aliphatic heterocycles. The molecule has 3 nitrogen and oxygen atoms in total. The van der Waals surface area contributed by atoms with Gasteiger partial charge in [-0.2, -0.15) is 0 Å². The summed E-state index contributed by atoms with van der Waals surface area (Å²) in [5.74, 6) is 1.93. The van der Waals surface area contributed by atoms with Gasteiger partial charge in [0.15, 0.2) is 0 Å². The molecule has 3 heteroatoms. The Labute approximate surface area is 117 Å². The predicted molar refractivity (Wildman–Crippen MR) is 78.7 cm³/mol. The minimum Gasteiger partial charge on any atom is -0.353 e. The SMILES string of the molecule is CC(C)CCC1CCCC1NC(=O)C1CCC(N)C1. The maximum Gasteiger partial charge on any atom is 0.223 e. The predicted octanol–water partition coefficient (Wildman–Crippen LogP) is 2.83. The molecule has 0 heterocycles. The van der Waals surface area contributed by atoms with Gasteiger partial charge < -0.3 is 11.1 Å². The first-order valence-electron chi connectivity index (χ1n) is 8.12. The summed E-state index contributed by atoms with van der Waals surface area (Å²) in [6, 6.07) is 0.680. The Hall–Kier alpha value is -0.570. The van der Waals surface area contributed by atoms with E-state index in [0.717, 1.165) is 25.2 Å². The zero-order valence-corrected chi connectivity index (χ0v) is 12.5. The van der Waals surface area contributed by atoms with Gasteiger partial charge in [0, 0.05) is 18.0 Å². The topological polar surface area (TPSA) is 55.1 Å². The van der Waals surface area contributed by atoms with Crippen molar-refractivity contribution in [2.24, 2.45) is 23.5 Å². The van der Waals surface area contributed by atoms with Crippen LogP contribution in [0.4, 0.5) is 0 Å². The molecule has 0 spiro atoms. The van der Waals surface area contributed by atoms with E-state index < -0.39 is 0 Å². The molecule has 0 bridgehead atoms. The molecule has 2 aliphatic carbocycles. The summed E-state index contributed by atoms with van der Waals surface area (Å²) in [5, 5.41) is 3.32. The van der Waals surface area contributed by atoms with Crippen molar-refractivity contribution in [2.75, 3.05) is 0 Å².